The summed E-state index contributed by atoms with van der Waals surface area (Å²) in [7, 11) is 0. The Morgan fingerprint density at radius 3 is 1.92 bits per heavy atom. The molecule has 0 aliphatic heterocycles. The van der Waals surface area contributed by atoms with Crippen LogP contribution < -0.4 is 0 Å². The van der Waals surface area contributed by atoms with Crippen LogP contribution in [0, 0.1) is 0 Å². The molecule has 0 unspecified atom stereocenters. The number of hydrogen-bond acceptors (Lipinski definition) is 4. The Bertz CT molecular complexity index is 3320. The fraction of sp³-hybridized carbons (Fsp3) is 0. The van der Waals surface area contributed by atoms with E-state index < -0.39 is 24.2 Å². The first-order valence-electron chi connectivity index (χ1n) is 20.0. The molecular formula is C47H29N3O. The maximum absolute atomic E-state index is 8.96. The summed E-state index contributed by atoms with van der Waals surface area (Å²) in [5.74, 6) is 1.52. The average molecular weight is 659 g/mol. The molecule has 10 aromatic rings. The van der Waals surface area contributed by atoms with Crippen LogP contribution in [0.4, 0.5) is 0 Å². The minimum Gasteiger partial charge on any atom is -0.456 e. The van der Waals surface area contributed by atoms with E-state index in [0.717, 1.165) is 60.5 Å². The molecule has 2 heterocycles. The number of hydrogen-bond donors (Lipinski definition) is 0. The van der Waals surface area contributed by atoms with Gasteiger partial charge in [0, 0.05) is 27.5 Å². The minimum absolute atomic E-state index is 0.0736. The topological polar surface area (TPSA) is 51.8 Å². The molecule has 4 nitrogen and oxygen atoms in total. The van der Waals surface area contributed by atoms with Gasteiger partial charge in [0.15, 0.2) is 17.5 Å². The zero-order chi connectivity index (χ0) is 39.8. The smallest absolute Gasteiger partial charge is 0.164 e. The molecule has 238 valence electrons. The molecule has 10 rings (SSSR count). The van der Waals surface area contributed by atoms with Gasteiger partial charge in [-0.1, -0.05) is 152 Å². The summed E-state index contributed by atoms with van der Waals surface area (Å²) in [6.45, 7) is 0. The SMILES string of the molecule is [2H]c1c([2H])c([2H])c2c([2H])c(-c3ccc(-c4cccc(-c5nc(-c6cccc7ccccc67)nc(-c6cccc7oc8ccccc8c67)n5)c4)cc3)c([2H])c([2H])c2c1[2H]. The Kier molecular flexibility index (Phi) is 5.29. The van der Waals surface area contributed by atoms with Crippen molar-refractivity contribution in [3.05, 3.63) is 176 Å². The Morgan fingerprint density at radius 2 is 1.04 bits per heavy atom. The van der Waals surface area contributed by atoms with Gasteiger partial charge in [0.2, 0.25) is 0 Å². The van der Waals surface area contributed by atoms with Crippen LogP contribution in [0.1, 0.15) is 9.60 Å². The highest BCUT2D eigenvalue weighted by Gasteiger charge is 2.19. The van der Waals surface area contributed by atoms with E-state index in [2.05, 4.69) is 18.2 Å². The molecule has 8 aromatic carbocycles. The van der Waals surface area contributed by atoms with Crippen molar-refractivity contribution in [1.29, 1.82) is 0 Å². The minimum atomic E-state index is -0.494. The zero-order valence-corrected chi connectivity index (χ0v) is 27.0. The summed E-state index contributed by atoms with van der Waals surface area (Å²) in [5, 5.41) is 3.77. The standard InChI is InChI=1S/C47H29N3O/c1-2-12-34-28-36(27-26-30(34)10-1)32-24-22-31(23-25-32)35-14-7-15-37(29-35)45-48-46(39-18-8-13-33-11-3-4-16-38(33)39)50-47(49-45)41-19-9-21-43-44(41)40-17-5-6-20-42(40)51-43/h1-29H/i1D,2D,10D,12D,26D,27D,28D. The summed E-state index contributed by atoms with van der Waals surface area (Å²) in [4.78, 5) is 15.3. The van der Waals surface area contributed by atoms with Gasteiger partial charge in [-0.15, -0.1) is 0 Å². The van der Waals surface area contributed by atoms with Crippen molar-refractivity contribution < 1.29 is 14.0 Å². The summed E-state index contributed by atoms with van der Waals surface area (Å²) >= 11 is 0. The third kappa shape index (κ3) is 5.13. The summed E-state index contributed by atoms with van der Waals surface area (Å²) in [6, 6.07) is 40.6. The lowest BCUT2D eigenvalue weighted by Crippen LogP contribution is -2.01. The van der Waals surface area contributed by atoms with E-state index >= 15 is 0 Å². The third-order valence-electron chi connectivity index (χ3n) is 9.19. The molecule has 0 fully saturated rings. The van der Waals surface area contributed by atoms with Gasteiger partial charge >= 0.3 is 0 Å². The van der Waals surface area contributed by atoms with Crippen molar-refractivity contribution in [2.75, 3.05) is 0 Å². The van der Waals surface area contributed by atoms with Crippen molar-refractivity contribution >= 4 is 43.5 Å². The summed E-state index contributed by atoms with van der Waals surface area (Å²) in [5.41, 5.74) is 6.30. The number of fused-ring (bicyclic) bond motifs is 5. The molecule has 0 saturated heterocycles. The van der Waals surface area contributed by atoms with Crippen molar-refractivity contribution in [1.82, 2.24) is 15.0 Å². The van der Waals surface area contributed by atoms with Crippen LogP contribution in [0.25, 0.3) is 99.9 Å². The summed E-state index contributed by atoms with van der Waals surface area (Å²) < 4.78 is 65.7. The molecule has 0 atom stereocenters. The first-order chi connectivity index (χ1) is 28.2. The van der Waals surface area contributed by atoms with E-state index in [4.69, 9.17) is 29.0 Å². The largest absolute Gasteiger partial charge is 0.456 e. The monoisotopic (exact) mass is 658 g/mol. The van der Waals surface area contributed by atoms with Gasteiger partial charge in [-0.2, -0.15) is 0 Å². The fourth-order valence-corrected chi connectivity index (χ4v) is 6.72. The van der Waals surface area contributed by atoms with Crippen molar-refractivity contribution in [2.24, 2.45) is 0 Å². The van der Waals surface area contributed by atoms with Crippen LogP contribution >= 0.6 is 0 Å². The third-order valence-corrected chi connectivity index (χ3v) is 9.19. The summed E-state index contributed by atoms with van der Waals surface area (Å²) in [6.07, 6.45) is 0. The number of furan rings is 1. The van der Waals surface area contributed by atoms with E-state index in [1.165, 1.54) is 0 Å². The van der Waals surface area contributed by atoms with Crippen LogP contribution in [-0.4, -0.2) is 15.0 Å². The van der Waals surface area contributed by atoms with E-state index in [1.54, 1.807) is 12.1 Å². The van der Waals surface area contributed by atoms with Crippen molar-refractivity contribution in [3.63, 3.8) is 0 Å². The molecule has 0 aliphatic carbocycles. The molecule has 0 radical (unpaired) electrons. The Hall–Kier alpha value is -6.91. The Balaban J connectivity index is 1.11. The number of benzene rings is 8. The molecule has 0 N–H and O–H groups in total. The second-order valence-electron chi connectivity index (χ2n) is 12.3. The van der Waals surface area contributed by atoms with Crippen molar-refractivity contribution in [2.45, 2.75) is 0 Å². The predicted octanol–water partition coefficient (Wildman–Crippen LogP) is 12.4. The van der Waals surface area contributed by atoms with Crippen LogP contribution in [0.3, 0.4) is 0 Å². The molecule has 0 spiro atoms. The Labute approximate surface area is 304 Å². The maximum atomic E-state index is 8.96. The second-order valence-corrected chi connectivity index (χ2v) is 12.3. The highest BCUT2D eigenvalue weighted by atomic mass is 16.3. The molecule has 0 amide bonds. The van der Waals surface area contributed by atoms with Crippen LogP contribution in [0.15, 0.2) is 180 Å². The van der Waals surface area contributed by atoms with E-state index in [1.807, 2.05) is 103 Å². The fourth-order valence-electron chi connectivity index (χ4n) is 6.72. The lowest BCUT2D eigenvalue weighted by atomic mass is 9.97. The number of para-hydroxylation sites is 1. The van der Waals surface area contributed by atoms with E-state index in [9.17, 15) is 0 Å². The quantitative estimate of drug-likeness (QED) is 0.185. The molecule has 4 heteroatoms. The number of rotatable bonds is 5. The molecular weight excluding hydrogens is 623 g/mol. The van der Waals surface area contributed by atoms with Crippen LogP contribution in [0.5, 0.6) is 0 Å². The lowest BCUT2D eigenvalue weighted by molar-refractivity contribution is 0.669. The molecule has 0 bridgehead atoms. The van der Waals surface area contributed by atoms with Gasteiger partial charge in [-0.25, -0.2) is 15.0 Å². The molecule has 2 aromatic heterocycles. The molecule has 0 saturated carbocycles. The van der Waals surface area contributed by atoms with Gasteiger partial charge < -0.3 is 4.42 Å². The number of aromatic nitrogens is 3. The maximum Gasteiger partial charge on any atom is 0.164 e. The van der Waals surface area contributed by atoms with Gasteiger partial charge in [-0.05, 0) is 68.0 Å². The molecule has 0 aliphatic rings. The van der Waals surface area contributed by atoms with E-state index in [-0.39, 0.29) is 34.5 Å². The van der Waals surface area contributed by atoms with Gasteiger partial charge in [0.1, 0.15) is 11.2 Å². The van der Waals surface area contributed by atoms with Crippen LogP contribution in [0.2, 0.25) is 0 Å². The second kappa shape index (κ2) is 11.9. The Morgan fingerprint density at radius 1 is 0.412 bits per heavy atom. The normalized spacial score (nSPS) is 13.5. The van der Waals surface area contributed by atoms with Gasteiger partial charge in [0.05, 0.1) is 9.60 Å². The van der Waals surface area contributed by atoms with Crippen molar-refractivity contribution in [3.8, 4) is 56.4 Å². The van der Waals surface area contributed by atoms with E-state index in [0.29, 0.717) is 23.0 Å². The highest BCUT2D eigenvalue weighted by Crippen LogP contribution is 2.37. The van der Waals surface area contributed by atoms with Gasteiger partial charge in [0.25, 0.3) is 0 Å². The highest BCUT2D eigenvalue weighted by molar-refractivity contribution is 6.11. The average Bonchev–Trinajstić information content (AvgIpc) is 3.65. The van der Waals surface area contributed by atoms with Crippen LogP contribution in [-0.2, 0) is 0 Å². The predicted molar refractivity (Wildman–Crippen MR) is 209 cm³/mol. The molecule has 51 heavy (non-hydrogen) atoms. The first-order valence-corrected chi connectivity index (χ1v) is 16.5. The zero-order valence-electron chi connectivity index (χ0n) is 34.0. The first kappa shape index (κ1) is 22.7. The number of nitrogens with zero attached hydrogens (tertiary/aromatic N) is 3. The lowest BCUT2D eigenvalue weighted by Gasteiger charge is -2.12. The van der Waals surface area contributed by atoms with Gasteiger partial charge in [-0.3, -0.25) is 0 Å².